The van der Waals surface area contributed by atoms with Crippen molar-refractivity contribution in [1.82, 2.24) is 0 Å². The van der Waals surface area contributed by atoms with E-state index in [1.54, 1.807) is 0 Å². The Morgan fingerprint density at radius 2 is 1.57 bits per heavy atom. The van der Waals surface area contributed by atoms with Crippen LogP contribution in [0.15, 0.2) is 30.3 Å². The number of hydrogen-bond donors (Lipinski definition) is 0. The van der Waals surface area contributed by atoms with Crippen molar-refractivity contribution >= 4 is 17.8 Å². The van der Waals surface area contributed by atoms with Gasteiger partial charge in [0.25, 0.3) is 0 Å². The second kappa shape index (κ2) is 9.80. The first kappa shape index (κ1) is 30.1. The molecule has 0 aromatic heterocycles. The molecule has 0 bridgehead atoms. The molecule has 42 heavy (non-hydrogen) atoms. The first-order chi connectivity index (χ1) is 19.6. The molecule has 0 radical (unpaired) electrons. The minimum Gasteiger partial charge on any atom is -0.456 e. The van der Waals surface area contributed by atoms with Crippen molar-refractivity contribution < 1.29 is 14.3 Å². The fourth-order valence-corrected chi connectivity index (χ4v) is 12.4. The third kappa shape index (κ3) is 4.25. The Labute approximate surface area is 255 Å². The van der Waals surface area contributed by atoms with Crippen molar-refractivity contribution in [1.29, 1.82) is 0 Å². The van der Waals surface area contributed by atoms with E-state index in [2.05, 4.69) is 52.8 Å². The van der Waals surface area contributed by atoms with Crippen LogP contribution in [0.2, 0.25) is 0 Å². The van der Waals surface area contributed by atoms with Crippen molar-refractivity contribution in [3.63, 3.8) is 0 Å². The average molecular weight is 573 g/mol. The molecule has 0 spiro atoms. The number of rotatable bonds is 4. The molecule has 0 N–H and O–H groups in total. The first-order valence-electron chi connectivity index (χ1n) is 17.1. The molecule has 5 aliphatic carbocycles. The highest BCUT2D eigenvalue weighted by atomic mass is 16.6. The van der Waals surface area contributed by atoms with Gasteiger partial charge in [0, 0.05) is 6.42 Å². The highest BCUT2D eigenvalue weighted by Gasteiger charge is 2.69. The van der Waals surface area contributed by atoms with Gasteiger partial charge < -0.3 is 9.53 Å². The van der Waals surface area contributed by atoms with Crippen LogP contribution in [0.25, 0.3) is 5.57 Å². The Balaban J connectivity index is 1.29. The Morgan fingerprint density at radius 3 is 2.24 bits per heavy atom. The molecule has 4 fully saturated rings. The van der Waals surface area contributed by atoms with Crippen molar-refractivity contribution in [2.75, 3.05) is 0 Å². The highest BCUT2D eigenvalue weighted by Crippen LogP contribution is 2.77. The zero-order chi connectivity index (χ0) is 30.3. The van der Waals surface area contributed by atoms with Crippen LogP contribution in [0.4, 0.5) is 0 Å². The molecule has 8 atom stereocenters. The SMILES string of the molecule is CC(C)(C)OC(=O)c1ccc(C2=CCC3(C)C(CCC4(C)C3CCC3[C@H]5CCCC5(CC=O)CC[C@]34C)C2(C)C)cc1. The van der Waals surface area contributed by atoms with Gasteiger partial charge in [0.15, 0.2) is 0 Å². The predicted molar refractivity (Wildman–Crippen MR) is 171 cm³/mol. The fourth-order valence-electron chi connectivity index (χ4n) is 12.4. The Hall–Kier alpha value is -1.90. The third-order valence-corrected chi connectivity index (χ3v) is 14.4. The summed E-state index contributed by atoms with van der Waals surface area (Å²) in [5.74, 6) is 2.65. The average Bonchev–Trinajstić information content (AvgIpc) is 3.32. The van der Waals surface area contributed by atoms with Crippen molar-refractivity contribution in [3.8, 4) is 0 Å². The van der Waals surface area contributed by atoms with Gasteiger partial charge in [-0.25, -0.2) is 4.79 Å². The van der Waals surface area contributed by atoms with Gasteiger partial charge in [-0.15, -0.1) is 0 Å². The zero-order valence-corrected chi connectivity index (χ0v) is 27.8. The summed E-state index contributed by atoms with van der Waals surface area (Å²) in [5, 5.41) is 0. The van der Waals surface area contributed by atoms with Gasteiger partial charge in [-0.2, -0.15) is 0 Å². The van der Waals surface area contributed by atoms with Crippen LogP contribution in [-0.2, 0) is 9.53 Å². The largest absolute Gasteiger partial charge is 0.456 e. The van der Waals surface area contributed by atoms with Crippen LogP contribution in [0.3, 0.4) is 0 Å². The zero-order valence-electron chi connectivity index (χ0n) is 27.8. The van der Waals surface area contributed by atoms with E-state index in [-0.39, 0.29) is 16.8 Å². The molecule has 4 saturated carbocycles. The lowest BCUT2D eigenvalue weighted by atomic mass is 9.32. The third-order valence-electron chi connectivity index (χ3n) is 14.4. The van der Waals surface area contributed by atoms with E-state index in [4.69, 9.17) is 4.74 Å². The molecule has 0 amide bonds. The minimum atomic E-state index is -0.493. The monoisotopic (exact) mass is 572 g/mol. The number of allylic oxidation sites excluding steroid dienone is 2. The molecule has 1 aromatic rings. The highest BCUT2D eigenvalue weighted by molar-refractivity contribution is 5.90. The van der Waals surface area contributed by atoms with E-state index in [1.165, 1.54) is 75.2 Å². The van der Waals surface area contributed by atoms with Gasteiger partial charge in [-0.3, -0.25) is 0 Å². The summed E-state index contributed by atoms with van der Waals surface area (Å²) in [4.78, 5) is 24.5. The number of fused-ring (bicyclic) bond motifs is 7. The van der Waals surface area contributed by atoms with E-state index in [1.807, 2.05) is 32.9 Å². The number of ether oxygens (including phenoxy) is 1. The summed E-state index contributed by atoms with van der Waals surface area (Å²) >= 11 is 0. The molecule has 6 rings (SSSR count). The quantitative estimate of drug-likeness (QED) is 0.266. The standard InChI is InChI=1S/C39H56O3/c1-34(2,3)42-33(41)27-13-11-26(12-14-27)28-17-20-36(6)31(35(28,4)5)18-21-38(8)32(36)16-15-29-30-10-9-19-39(30,24-25-40)23-22-37(29,38)7/h11-14,17,25,29-32H,9-10,15-16,18-24H2,1-8H3/t29?,30-,31?,32?,36?,37-,38?,39?/m1/s1. The summed E-state index contributed by atoms with van der Waals surface area (Å²) in [5.41, 5.74) is 4.22. The molecule has 6 unspecified atom stereocenters. The van der Waals surface area contributed by atoms with Gasteiger partial charge >= 0.3 is 5.97 Å². The molecule has 0 heterocycles. The number of benzene rings is 1. The van der Waals surface area contributed by atoms with Gasteiger partial charge in [-0.05, 0) is 153 Å². The number of hydrogen-bond acceptors (Lipinski definition) is 3. The molecule has 0 aliphatic heterocycles. The summed E-state index contributed by atoms with van der Waals surface area (Å²) in [6.45, 7) is 18.8. The molecule has 3 heteroatoms. The number of carbonyl (C=O) groups is 2. The van der Waals surface area contributed by atoms with Gasteiger partial charge in [0.05, 0.1) is 5.56 Å². The van der Waals surface area contributed by atoms with Crippen LogP contribution in [0, 0.1) is 50.7 Å². The Morgan fingerprint density at radius 1 is 0.857 bits per heavy atom. The lowest BCUT2D eigenvalue weighted by Gasteiger charge is -2.72. The summed E-state index contributed by atoms with van der Waals surface area (Å²) in [6.07, 6.45) is 17.6. The van der Waals surface area contributed by atoms with Crippen LogP contribution < -0.4 is 0 Å². The van der Waals surface area contributed by atoms with E-state index in [0.717, 1.165) is 30.6 Å². The van der Waals surface area contributed by atoms with Gasteiger partial charge in [0.1, 0.15) is 11.9 Å². The molecular weight excluding hydrogens is 516 g/mol. The minimum absolute atomic E-state index is 0.0661. The predicted octanol–water partition coefficient (Wildman–Crippen LogP) is 10.1. The lowest BCUT2D eigenvalue weighted by molar-refractivity contribution is -0.222. The summed E-state index contributed by atoms with van der Waals surface area (Å²) in [6, 6.07) is 8.18. The topological polar surface area (TPSA) is 43.4 Å². The van der Waals surface area contributed by atoms with E-state index < -0.39 is 5.60 Å². The van der Waals surface area contributed by atoms with Gasteiger partial charge in [-0.1, -0.05) is 59.2 Å². The smallest absolute Gasteiger partial charge is 0.338 e. The maximum Gasteiger partial charge on any atom is 0.338 e. The first-order valence-corrected chi connectivity index (χ1v) is 17.1. The molecule has 0 saturated heterocycles. The van der Waals surface area contributed by atoms with Gasteiger partial charge in [0.2, 0.25) is 0 Å². The maximum absolute atomic E-state index is 12.7. The number of carbonyl (C=O) groups excluding carboxylic acids is 2. The van der Waals surface area contributed by atoms with Crippen LogP contribution in [0.5, 0.6) is 0 Å². The van der Waals surface area contributed by atoms with Crippen LogP contribution in [0.1, 0.15) is 142 Å². The molecular formula is C39H56O3. The van der Waals surface area contributed by atoms with E-state index in [0.29, 0.717) is 27.7 Å². The number of aldehydes is 1. The Kier molecular flexibility index (Phi) is 7.03. The van der Waals surface area contributed by atoms with E-state index >= 15 is 0 Å². The van der Waals surface area contributed by atoms with Crippen molar-refractivity contribution in [2.45, 2.75) is 132 Å². The Bertz CT molecular complexity index is 1270. The number of esters is 1. The van der Waals surface area contributed by atoms with Crippen molar-refractivity contribution in [2.24, 2.45) is 50.7 Å². The summed E-state index contributed by atoms with van der Waals surface area (Å²) in [7, 11) is 0. The maximum atomic E-state index is 12.7. The van der Waals surface area contributed by atoms with Crippen molar-refractivity contribution in [3.05, 3.63) is 41.5 Å². The molecule has 3 nitrogen and oxygen atoms in total. The second-order valence-corrected chi connectivity index (χ2v) is 17.5. The second-order valence-electron chi connectivity index (χ2n) is 17.5. The lowest BCUT2D eigenvalue weighted by Crippen LogP contribution is -2.65. The van der Waals surface area contributed by atoms with Crippen LogP contribution in [-0.4, -0.2) is 17.9 Å². The fraction of sp³-hybridized carbons (Fsp3) is 0.744. The molecule has 5 aliphatic rings. The van der Waals surface area contributed by atoms with E-state index in [9.17, 15) is 9.59 Å². The molecule has 230 valence electrons. The summed E-state index contributed by atoms with van der Waals surface area (Å²) < 4.78 is 5.61. The molecule has 1 aromatic carbocycles. The normalized spacial score (nSPS) is 42.3. The van der Waals surface area contributed by atoms with Crippen LogP contribution >= 0.6 is 0 Å².